The van der Waals surface area contributed by atoms with Crippen molar-refractivity contribution in [2.24, 2.45) is 5.41 Å². The van der Waals surface area contributed by atoms with Crippen LogP contribution in [0.5, 0.6) is 0 Å². The summed E-state index contributed by atoms with van der Waals surface area (Å²) < 4.78 is 4.37. The molecule has 0 aliphatic carbocycles. The van der Waals surface area contributed by atoms with E-state index in [0.717, 1.165) is 0 Å². The second-order valence-electron chi connectivity index (χ2n) is 4.38. The van der Waals surface area contributed by atoms with Crippen molar-refractivity contribution >= 4 is 17.8 Å². The summed E-state index contributed by atoms with van der Waals surface area (Å²) in [5.41, 5.74) is -0.663. The summed E-state index contributed by atoms with van der Waals surface area (Å²) in [5.74, 6) is -2.32. The monoisotopic (exact) mass is 245 g/mol. The lowest BCUT2D eigenvalue weighted by atomic mass is 9.89. The number of carboxylic acids is 1. The van der Waals surface area contributed by atoms with Crippen molar-refractivity contribution in [2.45, 2.75) is 39.7 Å². The van der Waals surface area contributed by atoms with E-state index in [1.54, 1.807) is 13.8 Å². The molecule has 0 radical (unpaired) electrons. The van der Waals surface area contributed by atoms with Crippen LogP contribution in [-0.2, 0) is 19.1 Å². The first-order valence-electron chi connectivity index (χ1n) is 5.35. The lowest BCUT2D eigenvalue weighted by Crippen LogP contribution is -2.47. The molecule has 0 spiro atoms. The van der Waals surface area contributed by atoms with Gasteiger partial charge in [0.15, 0.2) is 0 Å². The van der Waals surface area contributed by atoms with Crippen LogP contribution in [0.15, 0.2) is 0 Å². The molecule has 98 valence electrons. The minimum atomic E-state index is -1.25. The van der Waals surface area contributed by atoms with Gasteiger partial charge < -0.3 is 15.2 Å². The number of amides is 1. The van der Waals surface area contributed by atoms with Crippen LogP contribution in [0.25, 0.3) is 0 Å². The van der Waals surface area contributed by atoms with E-state index in [-0.39, 0.29) is 6.42 Å². The van der Waals surface area contributed by atoms with Crippen molar-refractivity contribution in [2.75, 3.05) is 7.11 Å². The van der Waals surface area contributed by atoms with Gasteiger partial charge in [-0.25, -0.2) is 4.79 Å². The zero-order valence-corrected chi connectivity index (χ0v) is 10.6. The molecule has 0 aromatic heterocycles. The predicted molar refractivity (Wildman–Crippen MR) is 60.3 cm³/mol. The molecule has 0 aromatic rings. The number of hydrogen-bond donors (Lipinski definition) is 2. The largest absolute Gasteiger partial charge is 0.480 e. The molecule has 0 unspecified atom stereocenters. The predicted octanol–water partition coefficient (Wildman–Crippen LogP) is 0.555. The highest BCUT2D eigenvalue weighted by Gasteiger charge is 2.31. The standard InChI is InChI=1S/C11H19NO5/c1-5-11(2,3)10(16)12-7(9(14)15)6-8(13)17-4/h7H,5-6H2,1-4H3,(H,12,16)(H,14,15)/t7-/m0/s1. The second kappa shape index (κ2) is 6.22. The first kappa shape index (κ1) is 15.4. The molecule has 0 aliphatic heterocycles. The molecule has 0 saturated carbocycles. The fraction of sp³-hybridized carbons (Fsp3) is 0.727. The number of carbonyl (C=O) groups excluding carboxylic acids is 2. The van der Waals surface area contributed by atoms with Gasteiger partial charge in [0, 0.05) is 5.41 Å². The molecule has 0 fully saturated rings. The molecule has 0 heterocycles. The minimum Gasteiger partial charge on any atom is -0.480 e. The van der Waals surface area contributed by atoms with E-state index in [1.165, 1.54) is 7.11 Å². The van der Waals surface area contributed by atoms with Crippen LogP contribution in [0.3, 0.4) is 0 Å². The van der Waals surface area contributed by atoms with E-state index in [2.05, 4.69) is 10.1 Å². The van der Waals surface area contributed by atoms with E-state index in [9.17, 15) is 14.4 Å². The molecule has 0 saturated heterocycles. The van der Waals surface area contributed by atoms with Gasteiger partial charge in [-0.1, -0.05) is 20.8 Å². The Balaban J connectivity index is 4.62. The Bertz CT molecular complexity index is 311. The fourth-order valence-corrected chi connectivity index (χ4v) is 0.964. The summed E-state index contributed by atoms with van der Waals surface area (Å²) >= 11 is 0. The summed E-state index contributed by atoms with van der Waals surface area (Å²) in [6.07, 6.45) is 0.195. The number of esters is 1. The van der Waals surface area contributed by atoms with Gasteiger partial charge in [-0.15, -0.1) is 0 Å². The zero-order chi connectivity index (χ0) is 13.6. The molecule has 17 heavy (non-hydrogen) atoms. The van der Waals surface area contributed by atoms with E-state index in [1.807, 2.05) is 6.92 Å². The third-order valence-electron chi connectivity index (χ3n) is 2.70. The van der Waals surface area contributed by atoms with Crippen LogP contribution in [0, 0.1) is 5.41 Å². The lowest BCUT2D eigenvalue weighted by molar-refractivity contribution is -0.149. The third kappa shape index (κ3) is 4.84. The maximum Gasteiger partial charge on any atom is 0.326 e. The Kier molecular flexibility index (Phi) is 5.64. The number of nitrogens with one attached hydrogen (secondary N) is 1. The van der Waals surface area contributed by atoms with Gasteiger partial charge in [0.2, 0.25) is 5.91 Å². The van der Waals surface area contributed by atoms with Gasteiger partial charge in [-0.2, -0.15) is 0 Å². The number of rotatable bonds is 6. The quantitative estimate of drug-likeness (QED) is 0.667. The molecular formula is C11H19NO5. The molecule has 6 heteroatoms. The summed E-state index contributed by atoms with van der Waals surface area (Å²) in [5, 5.41) is 11.2. The van der Waals surface area contributed by atoms with Crippen LogP contribution in [0.1, 0.15) is 33.6 Å². The molecule has 1 amide bonds. The average molecular weight is 245 g/mol. The van der Waals surface area contributed by atoms with Gasteiger partial charge >= 0.3 is 11.9 Å². The highest BCUT2D eigenvalue weighted by Crippen LogP contribution is 2.19. The Morgan fingerprint density at radius 2 is 1.88 bits per heavy atom. The van der Waals surface area contributed by atoms with Crippen molar-refractivity contribution in [1.29, 1.82) is 0 Å². The number of carboxylic acid groups (broad SMARTS) is 1. The van der Waals surface area contributed by atoms with Crippen LogP contribution in [0.4, 0.5) is 0 Å². The third-order valence-corrected chi connectivity index (χ3v) is 2.70. The summed E-state index contributed by atoms with van der Waals surface area (Å²) in [4.78, 5) is 33.6. The van der Waals surface area contributed by atoms with Crippen molar-refractivity contribution in [3.63, 3.8) is 0 Å². The van der Waals surface area contributed by atoms with E-state index in [0.29, 0.717) is 6.42 Å². The number of methoxy groups -OCH3 is 1. The maximum absolute atomic E-state index is 11.8. The number of aliphatic carboxylic acids is 1. The van der Waals surface area contributed by atoms with E-state index in [4.69, 9.17) is 5.11 Å². The summed E-state index contributed by atoms with van der Waals surface area (Å²) in [6.45, 7) is 5.24. The average Bonchev–Trinajstić information content (AvgIpc) is 2.27. The van der Waals surface area contributed by atoms with Crippen LogP contribution >= 0.6 is 0 Å². The van der Waals surface area contributed by atoms with Gasteiger partial charge in [0.1, 0.15) is 6.04 Å². The van der Waals surface area contributed by atoms with Crippen molar-refractivity contribution in [1.82, 2.24) is 5.32 Å². The second-order valence-corrected chi connectivity index (χ2v) is 4.38. The molecule has 1 atom stereocenters. The van der Waals surface area contributed by atoms with Crippen LogP contribution < -0.4 is 5.32 Å². The Morgan fingerprint density at radius 1 is 1.35 bits per heavy atom. The highest BCUT2D eigenvalue weighted by molar-refractivity contribution is 5.89. The van der Waals surface area contributed by atoms with E-state index >= 15 is 0 Å². The molecule has 0 rings (SSSR count). The molecule has 0 bridgehead atoms. The molecule has 0 aromatic carbocycles. The number of hydrogen-bond acceptors (Lipinski definition) is 4. The first-order valence-corrected chi connectivity index (χ1v) is 5.35. The fourth-order valence-electron chi connectivity index (χ4n) is 0.964. The van der Waals surface area contributed by atoms with E-state index < -0.39 is 29.3 Å². The van der Waals surface area contributed by atoms with Gasteiger partial charge in [0.05, 0.1) is 13.5 Å². The van der Waals surface area contributed by atoms with Crippen LogP contribution in [0.2, 0.25) is 0 Å². The van der Waals surface area contributed by atoms with Crippen molar-refractivity contribution < 1.29 is 24.2 Å². The summed E-state index contributed by atoms with van der Waals surface area (Å²) in [7, 11) is 1.17. The molecule has 0 aliphatic rings. The Morgan fingerprint density at radius 3 is 2.24 bits per heavy atom. The van der Waals surface area contributed by atoms with Gasteiger partial charge in [-0.3, -0.25) is 9.59 Å². The minimum absolute atomic E-state index is 0.378. The van der Waals surface area contributed by atoms with Crippen molar-refractivity contribution in [3.05, 3.63) is 0 Å². The SMILES string of the molecule is CCC(C)(C)C(=O)N[C@@H](CC(=O)OC)C(=O)O. The number of ether oxygens (including phenoxy) is 1. The smallest absolute Gasteiger partial charge is 0.326 e. The zero-order valence-electron chi connectivity index (χ0n) is 10.6. The Hall–Kier alpha value is -1.59. The maximum atomic E-state index is 11.8. The number of carbonyl (C=O) groups is 3. The topological polar surface area (TPSA) is 92.7 Å². The van der Waals surface area contributed by atoms with Gasteiger partial charge in [-0.05, 0) is 6.42 Å². The first-order chi connectivity index (χ1) is 7.74. The molecular weight excluding hydrogens is 226 g/mol. The van der Waals surface area contributed by atoms with Crippen LogP contribution in [-0.4, -0.2) is 36.1 Å². The Labute approximate surface area is 100 Å². The lowest BCUT2D eigenvalue weighted by Gasteiger charge is -2.24. The molecule has 2 N–H and O–H groups in total. The highest BCUT2D eigenvalue weighted by atomic mass is 16.5. The summed E-state index contributed by atoms with van der Waals surface area (Å²) in [6, 6.07) is -1.25. The van der Waals surface area contributed by atoms with Crippen molar-refractivity contribution in [3.8, 4) is 0 Å². The molecule has 6 nitrogen and oxygen atoms in total. The van der Waals surface area contributed by atoms with Gasteiger partial charge in [0.25, 0.3) is 0 Å². The normalized spacial score (nSPS) is 12.7.